The number of hydrogen-bond donors (Lipinski definition) is 3. The second-order valence-electron chi connectivity index (χ2n) is 8.27. The Morgan fingerprint density at radius 1 is 0.970 bits per heavy atom. The quantitative estimate of drug-likeness (QED) is 0.426. The molecule has 4 rings (SSSR count). The van der Waals surface area contributed by atoms with Crippen molar-refractivity contribution in [2.75, 3.05) is 15.5 Å². The zero-order valence-electron chi connectivity index (χ0n) is 18.3. The second-order valence-corrected chi connectivity index (χ2v) is 8.27. The average molecular weight is 448 g/mol. The Labute approximate surface area is 192 Å². The van der Waals surface area contributed by atoms with Gasteiger partial charge in [-0.05, 0) is 54.4 Å². The highest BCUT2D eigenvalue weighted by Gasteiger charge is 2.38. The smallest absolute Gasteiger partial charge is 0.307 e. The normalized spacial score (nSPS) is 16.4. The van der Waals surface area contributed by atoms with E-state index in [1.165, 1.54) is 24.3 Å². The van der Waals surface area contributed by atoms with Gasteiger partial charge in [0.2, 0.25) is 0 Å². The molecule has 3 N–H and O–H groups in total. The van der Waals surface area contributed by atoms with Gasteiger partial charge in [0.25, 0.3) is 5.91 Å². The molecular weight excluding hydrogens is 421 g/mol. The third-order valence-corrected chi connectivity index (χ3v) is 5.71. The molecule has 0 aliphatic carbocycles. The van der Waals surface area contributed by atoms with Gasteiger partial charge in [0.05, 0.1) is 24.3 Å². The highest BCUT2D eigenvalue weighted by molar-refractivity contribution is 6.06. The minimum atomic E-state index is -0.895. The summed E-state index contributed by atoms with van der Waals surface area (Å²) >= 11 is 0. The predicted molar refractivity (Wildman–Crippen MR) is 127 cm³/mol. The largest absolute Gasteiger partial charge is 0.481 e. The van der Waals surface area contributed by atoms with Crippen molar-refractivity contribution in [1.29, 1.82) is 0 Å². The summed E-state index contributed by atoms with van der Waals surface area (Å²) in [6, 6.07) is 20.7. The Balaban J connectivity index is 1.68. The first kappa shape index (κ1) is 22.3. The maximum atomic E-state index is 13.4. The predicted octanol–water partition coefficient (Wildman–Crippen LogP) is 5.48. The minimum Gasteiger partial charge on any atom is -0.481 e. The Kier molecular flexibility index (Phi) is 6.31. The Morgan fingerprint density at radius 2 is 1.67 bits per heavy atom. The number of carbonyl (C=O) groups excluding carboxylic acids is 1. The van der Waals surface area contributed by atoms with Crippen molar-refractivity contribution in [2.24, 2.45) is 0 Å². The summed E-state index contributed by atoms with van der Waals surface area (Å²) in [6.45, 7) is 2.34. The minimum absolute atomic E-state index is 0.0763. The number of anilines is 3. The fourth-order valence-corrected chi connectivity index (χ4v) is 4.24. The van der Waals surface area contributed by atoms with Crippen molar-refractivity contribution < 1.29 is 19.1 Å². The third kappa shape index (κ3) is 4.98. The molecule has 0 saturated carbocycles. The lowest BCUT2D eigenvalue weighted by atomic mass is 10.0. The van der Waals surface area contributed by atoms with Crippen LogP contribution in [0.25, 0.3) is 0 Å². The molecule has 0 saturated heterocycles. The van der Waals surface area contributed by atoms with Crippen LogP contribution in [0.3, 0.4) is 0 Å². The monoisotopic (exact) mass is 447 g/mol. The Bertz CT molecular complexity index is 1150. The molecule has 1 aliphatic rings. The first-order valence-corrected chi connectivity index (χ1v) is 10.9. The van der Waals surface area contributed by atoms with Crippen molar-refractivity contribution in [2.45, 2.75) is 38.4 Å². The van der Waals surface area contributed by atoms with Crippen molar-refractivity contribution in [3.8, 4) is 0 Å². The lowest BCUT2D eigenvalue weighted by molar-refractivity contribution is -0.138. The van der Waals surface area contributed by atoms with E-state index < -0.39 is 17.4 Å². The first-order chi connectivity index (χ1) is 15.9. The van der Waals surface area contributed by atoms with E-state index in [4.69, 9.17) is 0 Å². The SMILES string of the molecule is CCCC1(CC(=O)O)Nc2ccc(N(Cc3ccccc3)C(=O)c3ccc(F)cc3)cc2N1. The van der Waals surface area contributed by atoms with Gasteiger partial charge in [-0.1, -0.05) is 43.7 Å². The Hall–Kier alpha value is -3.87. The van der Waals surface area contributed by atoms with E-state index >= 15 is 0 Å². The molecule has 0 radical (unpaired) electrons. The lowest BCUT2D eigenvalue weighted by Crippen LogP contribution is -2.43. The van der Waals surface area contributed by atoms with Crippen LogP contribution < -0.4 is 15.5 Å². The van der Waals surface area contributed by atoms with Gasteiger partial charge in [0.15, 0.2) is 0 Å². The average Bonchev–Trinajstić information content (AvgIpc) is 3.14. The summed E-state index contributed by atoms with van der Waals surface area (Å²) in [4.78, 5) is 26.5. The molecule has 1 unspecified atom stereocenters. The van der Waals surface area contributed by atoms with Crippen molar-refractivity contribution in [3.05, 3.63) is 89.7 Å². The molecule has 0 spiro atoms. The number of carboxylic acid groups (broad SMARTS) is 1. The maximum absolute atomic E-state index is 13.4. The fourth-order valence-electron chi connectivity index (χ4n) is 4.24. The number of carbonyl (C=O) groups is 2. The second kappa shape index (κ2) is 9.32. The van der Waals surface area contributed by atoms with Crippen LogP contribution in [0.15, 0.2) is 72.8 Å². The van der Waals surface area contributed by atoms with Crippen LogP contribution in [0.4, 0.5) is 21.5 Å². The van der Waals surface area contributed by atoms with Crippen LogP contribution in [-0.4, -0.2) is 22.6 Å². The summed E-state index contributed by atoms with van der Waals surface area (Å²) in [5.41, 5.74) is 2.75. The van der Waals surface area contributed by atoms with E-state index in [1.807, 2.05) is 55.5 Å². The van der Waals surface area contributed by atoms with E-state index in [9.17, 15) is 19.1 Å². The summed E-state index contributed by atoms with van der Waals surface area (Å²) in [6.07, 6.45) is 1.36. The molecule has 170 valence electrons. The van der Waals surface area contributed by atoms with E-state index in [0.29, 0.717) is 24.2 Å². The van der Waals surface area contributed by atoms with Crippen LogP contribution >= 0.6 is 0 Å². The van der Waals surface area contributed by atoms with Crippen LogP contribution in [0, 0.1) is 5.82 Å². The van der Waals surface area contributed by atoms with Gasteiger partial charge in [-0.2, -0.15) is 0 Å². The molecule has 33 heavy (non-hydrogen) atoms. The molecule has 0 bridgehead atoms. The molecule has 6 nitrogen and oxygen atoms in total. The number of aliphatic carboxylic acids is 1. The number of halogens is 1. The molecule has 0 fully saturated rings. The van der Waals surface area contributed by atoms with Gasteiger partial charge in [-0.3, -0.25) is 9.59 Å². The number of nitrogens with one attached hydrogen (secondary N) is 2. The lowest BCUT2D eigenvalue weighted by Gasteiger charge is -2.29. The molecule has 1 amide bonds. The van der Waals surface area contributed by atoms with Crippen LogP contribution in [0.5, 0.6) is 0 Å². The summed E-state index contributed by atoms with van der Waals surface area (Å²) in [7, 11) is 0. The number of amides is 1. The van der Waals surface area contributed by atoms with Gasteiger partial charge in [-0.15, -0.1) is 0 Å². The number of rotatable bonds is 8. The Morgan fingerprint density at radius 3 is 2.33 bits per heavy atom. The number of nitrogens with zero attached hydrogens (tertiary/aromatic N) is 1. The summed E-state index contributed by atoms with van der Waals surface area (Å²) in [5, 5.41) is 16.1. The standard InChI is InChI=1S/C26H26FN3O3/c1-2-14-26(16-24(31)32)28-22-13-12-21(15-23(22)29-26)30(17-18-6-4-3-5-7-18)25(33)19-8-10-20(27)11-9-19/h3-13,15,28-29H,2,14,16-17H2,1H3,(H,31,32). The van der Waals surface area contributed by atoms with Crippen molar-refractivity contribution in [3.63, 3.8) is 0 Å². The highest BCUT2D eigenvalue weighted by Crippen LogP contribution is 2.40. The van der Waals surface area contributed by atoms with Crippen molar-refractivity contribution in [1.82, 2.24) is 0 Å². The third-order valence-electron chi connectivity index (χ3n) is 5.71. The topological polar surface area (TPSA) is 81.7 Å². The molecule has 1 aliphatic heterocycles. The maximum Gasteiger partial charge on any atom is 0.307 e. The fraction of sp³-hybridized carbons (Fsp3) is 0.231. The van der Waals surface area contributed by atoms with Crippen LogP contribution in [-0.2, 0) is 11.3 Å². The van der Waals surface area contributed by atoms with Crippen LogP contribution in [0.2, 0.25) is 0 Å². The zero-order valence-corrected chi connectivity index (χ0v) is 18.3. The summed E-state index contributed by atoms with van der Waals surface area (Å²) in [5.74, 6) is -1.55. The van der Waals surface area contributed by atoms with Crippen molar-refractivity contribution >= 4 is 28.9 Å². The number of benzene rings is 3. The highest BCUT2D eigenvalue weighted by atomic mass is 19.1. The number of fused-ring (bicyclic) bond motifs is 1. The molecule has 3 aromatic rings. The van der Waals surface area contributed by atoms with E-state index in [2.05, 4.69) is 10.6 Å². The molecule has 1 atom stereocenters. The molecule has 7 heteroatoms. The van der Waals surface area contributed by atoms with E-state index in [-0.39, 0.29) is 12.3 Å². The molecular formula is C26H26FN3O3. The van der Waals surface area contributed by atoms with E-state index in [1.54, 1.807) is 4.90 Å². The van der Waals surface area contributed by atoms with Gasteiger partial charge >= 0.3 is 5.97 Å². The number of hydrogen-bond acceptors (Lipinski definition) is 4. The number of carboxylic acids is 1. The molecule has 3 aromatic carbocycles. The first-order valence-electron chi connectivity index (χ1n) is 10.9. The zero-order chi connectivity index (χ0) is 23.4. The molecule has 1 heterocycles. The summed E-state index contributed by atoms with van der Waals surface area (Å²) < 4.78 is 13.4. The van der Waals surface area contributed by atoms with Gasteiger partial charge in [0, 0.05) is 11.3 Å². The molecule has 0 aromatic heterocycles. The van der Waals surface area contributed by atoms with Crippen LogP contribution in [0.1, 0.15) is 42.1 Å². The van der Waals surface area contributed by atoms with Gasteiger partial charge < -0.3 is 20.6 Å². The van der Waals surface area contributed by atoms with Gasteiger partial charge in [0.1, 0.15) is 11.5 Å². The van der Waals surface area contributed by atoms with Gasteiger partial charge in [-0.25, -0.2) is 4.39 Å². The van der Waals surface area contributed by atoms with E-state index in [0.717, 1.165) is 23.4 Å².